The van der Waals surface area contributed by atoms with Gasteiger partial charge in [0.25, 0.3) is 0 Å². The number of nitrogens with one attached hydrogen (secondary N) is 1. The molecule has 4 nitrogen and oxygen atoms in total. The van der Waals surface area contributed by atoms with E-state index >= 15 is 0 Å². The molecule has 0 aliphatic heterocycles. The van der Waals surface area contributed by atoms with Gasteiger partial charge in [0.15, 0.2) is 5.82 Å². The Kier molecular flexibility index (Phi) is 3.63. The van der Waals surface area contributed by atoms with Crippen LogP contribution in [0, 0.1) is 17.1 Å². The lowest BCUT2D eigenvalue weighted by atomic mass is 10.2. The summed E-state index contributed by atoms with van der Waals surface area (Å²) in [6, 6.07) is 6.08. The van der Waals surface area contributed by atoms with Gasteiger partial charge in [-0.15, -0.1) is 0 Å². The number of halogens is 1. The largest absolute Gasteiger partial charge is 0.465 e. The van der Waals surface area contributed by atoms with Crippen molar-refractivity contribution in [1.82, 2.24) is 0 Å². The average Bonchev–Trinajstić information content (AvgIpc) is 2.27. The van der Waals surface area contributed by atoms with E-state index in [0.29, 0.717) is 0 Å². The van der Waals surface area contributed by atoms with E-state index in [4.69, 9.17) is 5.26 Å². The van der Waals surface area contributed by atoms with Gasteiger partial charge in [-0.2, -0.15) is 5.26 Å². The zero-order valence-electron chi connectivity index (χ0n) is 8.08. The minimum Gasteiger partial charge on any atom is -0.465 e. The smallest absolute Gasteiger partial charge is 0.340 e. The first kappa shape index (κ1) is 11.0. The maximum absolute atomic E-state index is 13.6. The second kappa shape index (κ2) is 4.96. The molecule has 1 aromatic carbocycles. The van der Waals surface area contributed by atoms with E-state index in [2.05, 4.69) is 10.1 Å². The molecule has 0 aliphatic rings. The van der Waals surface area contributed by atoms with Crippen LogP contribution in [0.1, 0.15) is 10.4 Å². The standard InChI is InChI=1S/C10H9FN2O2/c1-15-10(14)7-3-2-4-8(9(7)11)13-6-5-12/h2-4,13H,6H2,1H3. The highest BCUT2D eigenvalue weighted by atomic mass is 19.1. The topological polar surface area (TPSA) is 62.1 Å². The highest BCUT2D eigenvalue weighted by Crippen LogP contribution is 2.18. The van der Waals surface area contributed by atoms with E-state index in [1.807, 2.05) is 6.07 Å². The zero-order valence-corrected chi connectivity index (χ0v) is 8.08. The normalized spacial score (nSPS) is 9.13. The monoisotopic (exact) mass is 208 g/mol. The first-order valence-corrected chi connectivity index (χ1v) is 4.18. The predicted molar refractivity (Wildman–Crippen MR) is 51.8 cm³/mol. The van der Waals surface area contributed by atoms with E-state index in [0.717, 1.165) is 0 Å². The van der Waals surface area contributed by atoms with Crippen molar-refractivity contribution in [3.63, 3.8) is 0 Å². The highest BCUT2D eigenvalue weighted by Gasteiger charge is 2.14. The Morgan fingerprint density at radius 1 is 1.67 bits per heavy atom. The number of carbonyl (C=O) groups is 1. The number of benzene rings is 1. The van der Waals surface area contributed by atoms with Crippen molar-refractivity contribution in [2.75, 3.05) is 19.0 Å². The van der Waals surface area contributed by atoms with Crippen LogP contribution in [0.25, 0.3) is 0 Å². The fraction of sp³-hybridized carbons (Fsp3) is 0.200. The Morgan fingerprint density at radius 2 is 2.40 bits per heavy atom. The third-order valence-electron chi connectivity index (χ3n) is 1.76. The Hall–Kier alpha value is -2.09. The summed E-state index contributed by atoms with van der Waals surface area (Å²) in [5, 5.41) is 10.9. The van der Waals surface area contributed by atoms with Crippen molar-refractivity contribution in [3.05, 3.63) is 29.6 Å². The summed E-state index contributed by atoms with van der Waals surface area (Å²) >= 11 is 0. The Morgan fingerprint density at radius 3 is 3.00 bits per heavy atom. The van der Waals surface area contributed by atoms with Gasteiger partial charge in [0.2, 0.25) is 0 Å². The van der Waals surface area contributed by atoms with Gasteiger partial charge in [0.05, 0.1) is 24.4 Å². The van der Waals surface area contributed by atoms with Crippen LogP contribution in [-0.4, -0.2) is 19.6 Å². The summed E-state index contributed by atoms with van der Waals surface area (Å²) in [5.41, 5.74) is -0.0418. The van der Waals surface area contributed by atoms with Gasteiger partial charge in [0, 0.05) is 0 Å². The maximum atomic E-state index is 13.6. The maximum Gasteiger partial charge on any atom is 0.340 e. The van der Waals surface area contributed by atoms with Gasteiger partial charge in [0.1, 0.15) is 6.54 Å². The number of rotatable bonds is 3. The molecule has 0 amide bonds. The first-order valence-electron chi connectivity index (χ1n) is 4.18. The van der Waals surface area contributed by atoms with Crippen LogP contribution < -0.4 is 5.32 Å². The summed E-state index contributed by atoms with van der Waals surface area (Å²) in [6.45, 7) is -0.0262. The molecule has 0 saturated carbocycles. The van der Waals surface area contributed by atoms with Crippen LogP contribution in [-0.2, 0) is 4.74 Å². The molecule has 0 heterocycles. The van der Waals surface area contributed by atoms with E-state index in [1.165, 1.54) is 25.3 Å². The molecule has 0 bridgehead atoms. The quantitative estimate of drug-likeness (QED) is 0.604. The lowest BCUT2D eigenvalue weighted by Gasteiger charge is -2.06. The van der Waals surface area contributed by atoms with Crippen molar-refractivity contribution >= 4 is 11.7 Å². The second-order valence-electron chi connectivity index (χ2n) is 2.67. The van der Waals surface area contributed by atoms with Crippen molar-refractivity contribution in [1.29, 1.82) is 5.26 Å². The summed E-state index contributed by atoms with van der Waals surface area (Å²) in [5.74, 6) is -1.45. The minimum absolute atomic E-state index is 0.0262. The molecule has 0 radical (unpaired) electrons. The fourth-order valence-corrected chi connectivity index (χ4v) is 1.07. The fourth-order valence-electron chi connectivity index (χ4n) is 1.07. The van der Waals surface area contributed by atoms with Crippen molar-refractivity contribution in [2.45, 2.75) is 0 Å². The molecule has 1 rings (SSSR count). The highest BCUT2D eigenvalue weighted by molar-refractivity contribution is 5.90. The van der Waals surface area contributed by atoms with Crippen LogP contribution in [0.3, 0.4) is 0 Å². The van der Waals surface area contributed by atoms with Crippen LogP contribution in [0.4, 0.5) is 10.1 Å². The Balaban J connectivity index is 3.01. The van der Waals surface area contributed by atoms with E-state index < -0.39 is 11.8 Å². The SMILES string of the molecule is COC(=O)c1cccc(NCC#N)c1F. The molecule has 0 unspecified atom stereocenters. The van der Waals surface area contributed by atoms with Gasteiger partial charge < -0.3 is 10.1 Å². The molecule has 1 N–H and O–H groups in total. The molecule has 15 heavy (non-hydrogen) atoms. The minimum atomic E-state index is -0.742. The number of ether oxygens (including phenoxy) is 1. The molecule has 0 saturated heterocycles. The van der Waals surface area contributed by atoms with Crippen molar-refractivity contribution < 1.29 is 13.9 Å². The van der Waals surface area contributed by atoms with Crippen LogP contribution in [0.15, 0.2) is 18.2 Å². The molecule has 5 heteroatoms. The summed E-state index contributed by atoms with van der Waals surface area (Å²) in [7, 11) is 1.18. The molecule has 0 aromatic heterocycles. The summed E-state index contributed by atoms with van der Waals surface area (Å²) in [4.78, 5) is 11.1. The van der Waals surface area contributed by atoms with Gasteiger partial charge in [-0.25, -0.2) is 9.18 Å². The van der Waals surface area contributed by atoms with Crippen LogP contribution in [0.5, 0.6) is 0 Å². The number of anilines is 1. The molecule has 78 valence electrons. The van der Waals surface area contributed by atoms with E-state index in [1.54, 1.807) is 0 Å². The number of nitrogens with zero attached hydrogens (tertiary/aromatic N) is 1. The molecule has 0 atom stereocenters. The van der Waals surface area contributed by atoms with Crippen LogP contribution >= 0.6 is 0 Å². The number of esters is 1. The van der Waals surface area contributed by atoms with Crippen LogP contribution in [0.2, 0.25) is 0 Å². The molecule has 0 fully saturated rings. The van der Waals surface area contributed by atoms with Gasteiger partial charge in [-0.05, 0) is 12.1 Å². The first-order chi connectivity index (χ1) is 7.20. The van der Waals surface area contributed by atoms with E-state index in [-0.39, 0.29) is 17.8 Å². The number of nitriles is 1. The van der Waals surface area contributed by atoms with Crippen molar-refractivity contribution in [3.8, 4) is 6.07 Å². The number of carbonyl (C=O) groups excluding carboxylic acids is 1. The third kappa shape index (κ3) is 2.44. The van der Waals surface area contributed by atoms with Crippen molar-refractivity contribution in [2.24, 2.45) is 0 Å². The van der Waals surface area contributed by atoms with E-state index in [9.17, 15) is 9.18 Å². The Bertz CT molecular complexity index is 412. The Labute approximate surface area is 86.3 Å². The second-order valence-corrected chi connectivity index (χ2v) is 2.67. The average molecular weight is 208 g/mol. The molecule has 0 aliphatic carbocycles. The van der Waals surface area contributed by atoms with Gasteiger partial charge >= 0.3 is 5.97 Å². The molecular weight excluding hydrogens is 199 g/mol. The van der Waals surface area contributed by atoms with Gasteiger partial charge in [-0.3, -0.25) is 0 Å². The molecular formula is C10H9FN2O2. The predicted octanol–water partition coefficient (Wildman–Crippen LogP) is 1.55. The third-order valence-corrected chi connectivity index (χ3v) is 1.76. The lowest BCUT2D eigenvalue weighted by Crippen LogP contribution is -2.08. The number of hydrogen-bond acceptors (Lipinski definition) is 4. The molecule has 0 spiro atoms. The molecule has 1 aromatic rings. The summed E-state index contributed by atoms with van der Waals surface area (Å²) < 4.78 is 18.0. The number of methoxy groups -OCH3 is 1. The zero-order chi connectivity index (χ0) is 11.3. The lowest BCUT2D eigenvalue weighted by molar-refractivity contribution is 0.0595. The van der Waals surface area contributed by atoms with Gasteiger partial charge in [-0.1, -0.05) is 6.07 Å². The summed E-state index contributed by atoms with van der Waals surface area (Å²) in [6.07, 6.45) is 0. The number of hydrogen-bond donors (Lipinski definition) is 1.